The second-order valence-corrected chi connectivity index (χ2v) is 10.3. The maximum Gasteiger partial charge on any atom is 0.408 e. The number of alkyl carbamates (subject to hydrolysis) is 1. The molecule has 0 spiro atoms. The van der Waals surface area contributed by atoms with E-state index in [1.165, 1.54) is 0 Å². The maximum absolute atomic E-state index is 14.2. The van der Waals surface area contributed by atoms with Crippen LogP contribution in [0.2, 0.25) is 0 Å². The van der Waals surface area contributed by atoms with E-state index in [4.69, 9.17) is 11.2 Å². The molecule has 7 heteroatoms. The second kappa shape index (κ2) is 14.5. The number of benzene rings is 1. The van der Waals surface area contributed by atoms with Crippen LogP contribution in [0.3, 0.4) is 0 Å². The molecular weight excluding hydrogens is 454 g/mol. The Balaban J connectivity index is 3.60. The minimum Gasteiger partial charge on any atom is -0.444 e. The molecule has 36 heavy (non-hydrogen) atoms. The number of unbranched alkanes of at least 4 members (excludes halogenated alkanes) is 1. The van der Waals surface area contributed by atoms with Crippen LogP contribution in [0.15, 0.2) is 24.3 Å². The lowest BCUT2D eigenvalue weighted by Gasteiger charge is -2.39. The third kappa shape index (κ3) is 8.89. The smallest absolute Gasteiger partial charge is 0.408 e. The number of carbonyl (C=O) groups is 3. The van der Waals surface area contributed by atoms with Gasteiger partial charge in [0.15, 0.2) is 0 Å². The van der Waals surface area contributed by atoms with Crippen LogP contribution in [0.25, 0.3) is 0 Å². The third-order valence-corrected chi connectivity index (χ3v) is 6.24. The van der Waals surface area contributed by atoms with Crippen molar-refractivity contribution in [1.29, 1.82) is 0 Å². The molecule has 3 amide bonds. The number of nitrogens with zero attached hydrogens (tertiary/aromatic N) is 1. The van der Waals surface area contributed by atoms with Crippen LogP contribution in [-0.4, -0.2) is 47.0 Å². The highest BCUT2D eigenvalue weighted by Gasteiger charge is 2.40. The summed E-state index contributed by atoms with van der Waals surface area (Å²) in [4.78, 5) is 42.1. The number of hydrogen-bond acceptors (Lipinski definition) is 4. The zero-order chi connectivity index (χ0) is 27.5. The van der Waals surface area contributed by atoms with Gasteiger partial charge in [0.25, 0.3) is 0 Å². The molecule has 2 N–H and O–H groups in total. The first-order valence-electron chi connectivity index (χ1n) is 13.1. The minimum absolute atomic E-state index is 0.191. The summed E-state index contributed by atoms with van der Waals surface area (Å²) in [6.07, 6.45) is 8.13. The molecule has 1 aromatic rings. The topological polar surface area (TPSA) is 87.7 Å². The predicted molar refractivity (Wildman–Crippen MR) is 144 cm³/mol. The highest BCUT2D eigenvalue weighted by molar-refractivity contribution is 5.93. The number of hydrogen-bond donors (Lipinski definition) is 2. The van der Waals surface area contributed by atoms with Crippen molar-refractivity contribution in [2.45, 2.75) is 105 Å². The van der Waals surface area contributed by atoms with Crippen LogP contribution in [0.5, 0.6) is 0 Å². The Morgan fingerprint density at radius 2 is 1.72 bits per heavy atom. The standard InChI is InChI=1S/C29H45N3O4/c1-10-14-19-30-26(33)25(23-18-16-15-17-22(23)13-4)32(21(6)12-3)27(34)24(20(5)11-2)31-28(35)36-29(7,8)9/h4,15-18,20-21,24-25H,10-12,14,19H2,1-3,5-9H3,(H,30,33)(H,31,35). The van der Waals surface area contributed by atoms with E-state index in [1.54, 1.807) is 37.8 Å². The lowest BCUT2D eigenvalue weighted by molar-refractivity contribution is -0.146. The van der Waals surface area contributed by atoms with Gasteiger partial charge in [-0.15, -0.1) is 6.42 Å². The number of ether oxygens (including phenoxy) is 1. The van der Waals surface area contributed by atoms with Crippen molar-refractivity contribution in [3.63, 3.8) is 0 Å². The molecule has 0 aromatic heterocycles. The average molecular weight is 500 g/mol. The van der Waals surface area contributed by atoms with Gasteiger partial charge in [0.1, 0.15) is 17.7 Å². The van der Waals surface area contributed by atoms with Crippen LogP contribution >= 0.6 is 0 Å². The highest BCUT2D eigenvalue weighted by Crippen LogP contribution is 2.29. The third-order valence-electron chi connectivity index (χ3n) is 6.24. The number of terminal acetylenes is 1. The van der Waals surface area contributed by atoms with Crippen LogP contribution in [0.4, 0.5) is 4.79 Å². The summed E-state index contributed by atoms with van der Waals surface area (Å²) in [6, 6.07) is 5.08. The van der Waals surface area contributed by atoms with E-state index >= 15 is 0 Å². The van der Waals surface area contributed by atoms with E-state index in [9.17, 15) is 14.4 Å². The number of rotatable bonds is 12. The van der Waals surface area contributed by atoms with Gasteiger partial charge < -0.3 is 20.3 Å². The molecule has 4 atom stereocenters. The SMILES string of the molecule is C#Cc1ccccc1C(C(=O)NCCCC)N(C(=O)C(NC(=O)OC(C)(C)C)C(C)CC)C(C)CC. The van der Waals surface area contributed by atoms with E-state index in [0.29, 0.717) is 30.5 Å². The van der Waals surface area contributed by atoms with Crippen molar-refractivity contribution in [3.8, 4) is 12.3 Å². The van der Waals surface area contributed by atoms with Crippen LogP contribution < -0.4 is 10.6 Å². The monoisotopic (exact) mass is 499 g/mol. The van der Waals surface area contributed by atoms with Gasteiger partial charge in [0, 0.05) is 18.2 Å². The summed E-state index contributed by atoms with van der Waals surface area (Å²) >= 11 is 0. The van der Waals surface area contributed by atoms with Crippen molar-refractivity contribution in [3.05, 3.63) is 35.4 Å². The summed E-state index contributed by atoms with van der Waals surface area (Å²) < 4.78 is 5.45. The zero-order valence-electron chi connectivity index (χ0n) is 23.3. The van der Waals surface area contributed by atoms with Gasteiger partial charge >= 0.3 is 6.09 Å². The summed E-state index contributed by atoms with van der Waals surface area (Å²) in [5.41, 5.74) is 0.425. The molecule has 4 unspecified atom stereocenters. The normalized spacial score (nSPS) is 14.5. The molecule has 0 aliphatic rings. The summed E-state index contributed by atoms with van der Waals surface area (Å²) in [7, 11) is 0. The summed E-state index contributed by atoms with van der Waals surface area (Å²) in [5, 5.41) is 5.77. The molecule has 7 nitrogen and oxygen atoms in total. The van der Waals surface area contributed by atoms with Gasteiger partial charge in [-0.05, 0) is 58.1 Å². The molecule has 0 fully saturated rings. The Morgan fingerprint density at radius 1 is 1.08 bits per heavy atom. The molecule has 0 saturated heterocycles. The van der Waals surface area contributed by atoms with Crippen LogP contribution in [0.1, 0.15) is 98.2 Å². The van der Waals surface area contributed by atoms with E-state index in [-0.39, 0.29) is 23.8 Å². The Hall–Kier alpha value is -3.01. The molecule has 0 radical (unpaired) electrons. The van der Waals surface area contributed by atoms with Crippen molar-refractivity contribution in [2.24, 2.45) is 5.92 Å². The van der Waals surface area contributed by atoms with E-state index < -0.39 is 23.8 Å². The average Bonchev–Trinajstić information content (AvgIpc) is 2.83. The molecule has 0 saturated carbocycles. The summed E-state index contributed by atoms with van der Waals surface area (Å²) in [5.74, 6) is 1.84. The van der Waals surface area contributed by atoms with Gasteiger partial charge in [-0.1, -0.05) is 64.7 Å². The number of nitrogens with one attached hydrogen (secondary N) is 2. The largest absolute Gasteiger partial charge is 0.444 e. The quantitative estimate of drug-likeness (QED) is 0.306. The molecule has 1 aromatic carbocycles. The van der Waals surface area contributed by atoms with E-state index in [1.807, 2.05) is 46.8 Å². The Bertz CT molecular complexity index is 916. The molecule has 0 aliphatic carbocycles. The minimum atomic E-state index is -0.941. The van der Waals surface area contributed by atoms with Crippen molar-refractivity contribution in [1.82, 2.24) is 15.5 Å². The van der Waals surface area contributed by atoms with Crippen molar-refractivity contribution in [2.75, 3.05) is 6.54 Å². The number of carbonyl (C=O) groups excluding carboxylic acids is 3. The Labute approximate surface area is 217 Å². The molecule has 0 aliphatic heterocycles. The fourth-order valence-electron chi connectivity index (χ4n) is 3.84. The second-order valence-electron chi connectivity index (χ2n) is 10.3. The first-order valence-corrected chi connectivity index (χ1v) is 13.1. The Kier molecular flexibility index (Phi) is 12.5. The van der Waals surface area contributed by atoms with E-state index in [2.05, 4.69) is 16.6 Å². The first kappa shape index (κ1) is 31.0. The van der Waals surface area contributed by atoms with Crippen LogP contribution in [0, 0.1) is 18.3 Å². The van der Waals surface area contributed by atoms with Gasteiger partial charge in [-0.25, -0.2) is 4.79 Å². The maximum atomic E-state index is 14.2. The molecule has 200 valence electrons. The van der Waals surface area contributed by atoms with Crippen molar-refractivity contribution < 1.29 is 19.1 Å². The fourth-order valence-corrected chi connectivity index (χ4v) is 3.84. The van der Waals surface area contributed by atoms with Crippen LogP contribution in [-0.2, 0) is 14.3 Å². The van der Waals surface area contributed by atoms with Gasteiger partial charge in [-0.3, -0.25) is 9.59 Å². The molecule has 0 bridgehead atoms. The molecule has 1 rings (SSSR count). The first-order chi connectivity index (χ1) is 16.9. The summed E-state index contributed by atoms with van der Waals surface area (Å²) in [6.45, 7) is 15.6. The van der Waals surface area contributed by atoms with Gasteiger partial charge in [0.05, 0.1) is 0 Å². The van der Waals surface area contributed by atoms with Crippen molar-refractivity contribution >= 4 is 17.9 Å². The van der Waals surface area contributed by atoms with Gasteiger partial charge in [-0.2, -0.15) is 0 Å². The number of amides is 3. The van der Waals surface area contributed by atoms with Gasteiger partial charge in [0.2, 0.25) is 11.8 Å². The highest BCUT2D eigenvalue weighted by atomic mass is 16.6. The van der Waals surface area contributed by atoms with E-state index in [0.717, 1.165) is 12.8 Å². The fraction of sp³-hybridized carbons (Fsp3) is 0.621. The lowest BCUT2D eigenvalue weighted by Crippen LogP contribution is -2.57. The Morgan fingerprint density at radius 3 is 2.25 bits per heavy atom. The molecule has 0 heterocycles. The molecular formula is C29H45N3O4. The zero-order valence-corrected chi connectivity index (χ0v) is 23.3. The lowest BCUT2D eigenvalue weighted by atomic mass is 9.92. The predicted octanol–water partition coefficient (Wildman–Crippen LogP) is 5.19.